The third-order valence-corrected chi connectivity index (χ3v) is 4.62. The van der Waals surface area contributed by atoms with Crippen molar-refractivity contribution in [1.82, 2.24) is 4.90 Å². The lowest BCUT2D eigenvalue weighted by molar-refractivity contribution is -0.126. The molecule has 0 aromatic heterocycles. The van der Waals surface area contributed by atoms with Crippen LogP contribution in [0.1, 0.15) is 39.0 Å². The van der Waals surface area contributed by atoms with Gasteiger partial charge >= 0.3 is 0 Å². The maximum Gasteiger partial charge on any atom is 0.138 e. The molecule has 110 valence electrons. The topological polar surface area (TPSA) is 38.8 Å². The highest BCUT2D eigenvalue weighted by Gasteiger charge is 2.40. The predicted octanol–water partition coefficient (Wildman–Crippen LogP) is 1.87. The highest BCUT2D eigenvalue weighted by atomic mass is 16.5. The summed E-state index contributed by atoms with van der Waals surface area (Å²) in [4.78, 5) is 14.7. The largest absolute Gasteiger partial charge is 0.379 e. The molecule has 2 saturated heterocycles. The summed E-state index contributed by atoms with van der Waals surface area (Å²) in [6.45, 7) is 4.47. The third-order valence-electron chi connectivity index (χ3n) is 4.62. The van der Waals surface area contributed by atoms with Crippen LogP contribution >= 0.6 is 0 Å². The molecule has 0 aromatic rings. The highest BCUT2D eigenvalue weighted by Crippen LogP contribution is 2.37. The van der Waals surface area contributed by atoms with Crippen LogP contribution in [0.4, 0.5) is 0 Å². The number of ether oxygens (including phenoxy) is 2. The molecule has 0 aromatic carbocycles. The maximum atomic E-state index is 12.2. The van der Waals surface area contributed by atoms with Crippen LogP contribution < -0.4 is 0 Å². The minimum Gasteiger partial charge on any atom is -0.379 e. The Hall–Kier alpha value is -0.450. The minimum atomic E-state index is 0.282. The van der Waals surface area contributed by atoms with Crippen molar-refractivity contribution in [3.63, 3.8) is 0 Å². The lowest BCUT2D eigenvalue weighted by atomic mass is 9.86. The molecule has 0 saturated carbocycles. The van der Waals surface area contributed by atoms with E-state index >= 15 is 0 Å². The predicted molar refractivity (Wildman–Crippen MR) is 74.2 cm³/mol. The SMILES string of the molecule is CCOCCOCCC(=O)C1CC2CCC(C1)N2C. The van der Waals surface area contributed by atoms with Gasteiger partial charge in [0.1, 0.15) is 5.78 Å². The van der Waals surface area contributed by atoms with Crippen molar-refractivity contribution < 1.29 is 14.3 Å². The monoisotopic (exact) mass is 269 g/mol. The number of nitrogens with zero attached hydrogens (tertiary/aromatic N) is 1. The van der Waals surface area contributed by atoms with Gasteiger partial charge in [0.2, 0.25) is 0 Å². The lowest BCUT2D eigenvalue weighted by Gasteiger charge is -2.35. The molecule has 2 aliphatic rings. The van der Waals surface area contributed by atoms with E-state index in [0.29, 0.717) is 44.1 Å². The molecular formula is C15H27NO3. The van der Waals surface area contributed by atoms with Crippen molar-refractivity contribution >= 4 is 5.78 Å². The Kier molecular flexibility index (Phi) is 5.79. The second-order valence-electron chi connectivity index (χ2n) is 5.74. The van der Waals surface area contributed by atoms with Gasteiger partial charge < -0.3 is 14.4 Å². The Morgan fingerprint density at radius 3 is 2.37 bits per heavy atom. The fraction of sp³-hybridized carbons (Fsp3) is 0.933. The summed E-state index contributed by atoms with van der Waals surface area (Å²) < 4.78 is 10.6. The van der Waals surface area contributed by atoms with Crippen molar-refractivity contribution in [3.05, 3.63) is 0 Å². The van der Waals surface area contributed by atoms with Crippen LogP contribution in [-0.2, 0) is 14.3 Å². The van der Waals surface area contributed by atoms with Gasteiger partial charge in [-0.1, -0.05) is 0 Å². The van der Waals surface area contributed by atoms with Crippen molar-refractivity contribution in [2.45, 2.75) is 51.1 Å². The van der Waals surface area contributed by atoms with E-state index in [1.165, 1.54) is 12.8 Å². The first-order chi connectivity index (χ1) is 9.22. The Morgan fingerprint density at radius 1 is 1.11 bits per heavy atom. The average molecular weight is 269 g/mol. The van der Waals surface area contributed by atoms with Gasteiger partial charge in [-0.2, -0.15) is 0 Å². The standard InChI is InChI=1S/C15H27NO3/c1-3-18-8-9-19-7-6-15(17)12-10-13-4-5-14(11-12)16(13)2/h12-14H,3-11H2,1-2H3. The first-order valence-corrected chi connectivity index (χ1v) is 7.62. The first-order valence-electron chi connectivity index (χ1n) is 7.62. The van der Waals surface area contributed by atoms with Crippen LogP contribution in [0.3, 0.4) is 0 Å². The van der Waals surface area contributed by atoms with Gasteiger partial charge in [0.15, 0.2) is 0 Å². The Morgan fingerprint density at radius 2 is 1.74 bits per heavy atom. The molecule has 0 radical (unpaired) electrons. The smallest absolute Gasteiger partial charge is 0.138 e. The Balaban J connectivity index is 1.62. The molecule has 2 aliphatic heterocycles. The van der Waals surface area contributed by atoms with Crippen LogP contribution in [-0.4, -0.2) is 56.2 Å². The van der Waals surface area contributed by atoms with Crippen molar-refractivity contribution in [2.24, 2.45) is 5.92 Å². The van der Waals surface area contributed by atoms with E-state index in [1.807, 2.05) is 6.92 Å². The molecule has 2 unspecified atom stereocenters. The van der Waals surface area contributed by atoms with E-state index in [0.717, 1.165) is 19.4 Å². The van der Waals surface area contributed by atoms with Crippen molar-refractivity contribution in [3.8, 4) is 0 Å². The molecule has 2 bridgehead atoms. The molecule has 2 rings (SSSR count). The fourth-order valence-corrected chi connectivity index (χ4v) is 3.42. The van der Waals surface area contributed by atoms with Crippen LogP contribution in [0.25, 0.3) is 0 Å². The van der Waals surface area contributed by atoms with E-state index in [2.05, 4.69) is 11.9 Å². The molecule has 4 nitrogen and oxygen atoms in total. The number of hydrogen-bond donors (Lipinski definition) is 0. The van der Waals surface area contributed by atoms with Crippen LogP contribution in [0, 0.1) is 5.92 Å². The number of piperidine rings is 1. The molecule has 19 heavy (non-hydrogen) atoms. The summed E-state index contributed by atoms with van der Waals surface area (Å²) in [7, 11) is 2.21. The van der Waals surface area contributed by atoms with Crippen LogP contribution in [0.15, 0.2) is 0 Å². The van der Waals surface area contributed by atoms with E-state index in [1.54, 1.807) is 0 Å². The van der Waals surface area contributed by atoms with Crippen molar-refractivity contribution in [1.29, 1.82) is 0 Å². The van der Waals surface area contributed by atoms with E-state index in [4.69, 9.17) is 9.47 Å². The van der Waals surface area contributed by atoms with Gasteiger partial charge in [0, 0.05) is 31.0 Å². The van der Waals surface area contributed by atoms with Gasteiger partial charge in [-0.3, -0.25) is 4.79 Å². The van der Waals surface area contributed by atoms with E-state index < -0.39 is 0 Å². The molecule has 0 amide bonds. The van der Waals surface area contributed by atoms with E-state index in [-0.39, 0.29) is 5.92 Å². The zero-order chi connectivity index (χ0) is 13.7. The number of rotatable bonds is 8. The van der Waals surface area contributed by atoms with Gasteiger partial charge in [0.05, 0.1) is 19.8 Å². The summed E-state index contributed by atoms with van der Waals surface area (Å²) in [6.07, 6.45) is 5.24. The molecule has 4 heteroatoms. The van der Waals surface area contributed by atoms with Gasteiger partial charge in [-0.15, -0.1) is 0 Å². The van der Waals surface area contributed by atoms with Crippen LogP contribution in [0.5, 0.6) is 0 Å². The number of carbonyl (C=O) groups is 1. The number of carbonyl (C=O) groups excluding carboxylic acids is 1. The second kappa shape index (κ2) is 7.36. The maximum absolute atomic E-state index is 12.2. The quantitative estimate of drug-likeness (QED) is 0.631. The van der Waals surface area contributed by atoms with Gasteiger partial charge in [-0.25, -0.2) is 0 Å². The average Bonchev–Trinajstić information content (AvgIpc) is 2.65. The molecule has 2 heterocycles. The molecule has 0 spiro atoms. The Bertz CT molecular complexity index is 281. The number of fused-ring (bicyclic) bond motifs is 2. The normalized spacial score (nSPS) is 30.7. The Labute approximate surface area is 116 Å². The summed E-state index contributed by atoms with van der Waals surface area (Å²) in [5.41, 5.74) is 0. The summed E-state index contributed by atoms with van der Waals surface area (Å²) in [6, 6.07) is 1.29. The summed E-state index contributed by atoms with van der Waals surface area (Å²) in [5.74, 6) is 0.686. The molecule has 2 fully saturated rings. The highest BCUT2D eigenvalue weighted by molar-refractivity contribution is 5.81. The summed E-state index contributed by atoms with van der Waals surface area (Å²) in [5, 5.41) is 0. The van der Waals surface area contributed by atoms with Gasteiger partial charge in [0.25, 0.3) is 0 Å². The zero-order valence-corrected chi connectivity index (χ0v) is 12.3. The van der Waals surface area contributed by atoms with Gasteiger partial charge in [-0.05, 0) is 39.7 Å². The second-order valence-corrected chi connectivity index (χ2v) is 5.74. The molecule has 2 atom stereocenters. The first kappa shape index (κ1) is 14.9. The molecule has 0 N–H and O–H groups in total. The molecule has 0 aliphatic carbocycles. The number of Topliss-reactive ketones (excluding diaryl/α,β-unsaturated/α-hetero) is 1. The lowest BCUT2D eigenvalue weighted by Crippen LogP contribution is -2.42. The number of hydrogen-bond acceptors (Lipinski definition) is 4. The molecular weight excluding hydrogens is 242 g/mol. The van der Waals surface area contributed by atoms with Crippen LogP contribution in [0.2, 0.25) is 0 Å². The fourth-order valence-electron chi connectivity index (χ4n) is 3.42. The number of ketones is 1. The third kappa shape index (κ3) is 4.01. The minimum absolute atomic E-state index is 0.282. The van der Waals surface area contributed by atoms with E-state index in [9.17, 15) is 4.79 Å². The zero-order valence-electron chi connectivity index (χ0n) is 12.3. The summed E-state index contributed by atoms with van der Waals surface area (Å²) >= 11 is 0. The van der Waals surface area contributed by atoms with Crippen molar-refractivity contribution in [2.75, 3.05) is 33.5 Å².